The first-order valence-electron chi connectivity index (χ1n) is 9.55. The van der Waals surface area contributed by atoms with Gasteiger partial charge in [-0.3, -0.25) is 0 Å². The molecular formula is C21H28N2O2S. The first-order chi connectivity index (χ1) is 12.7. The molecule has 1 aliphatic carbocycles. The van der Waals surface area contributed by atoms with Crippen LogP contribution >= 0.6 is 12.2 Å². The molecule has 1 aromatic carbocycles. The highest BCUT2D eigenvalue weighted by molar-refractivity contribution is 7.80. The third-order valence-electron chi connectivity index (χ3n) is 5.00. The molecule has 1 atom stereocenters. The molecule has 1 saturated carbocycles. The molecule has 140 valence electrons. The maximum absolute atomic E-state index is 5.85. The summed E-state index contributed by atoms with van der Waals surface area (Å²) in [5.74, 6) is 1.77. The second-order valence-electron chi connectivity index (χ2n) is 6.75. The second kappa shape index (κ2) is 9.08. The van der Waals surface area contributed by atoms with Gasteiger partial charge in [-0.15, -0.1) is 0 Å². The van der Waals surface area contributed by atoms with E-state index in [1.807, 2.05) is 43.3 Å². The summed E-state index contributed by atoms with van der Waals surface area (Å²) in [6, 6.07) is 12.4. The predicted octanol–water partition coefficient (Wildman–Crippen LogP) is 5.77. The first-order valence-corrected chi connectivity index (χ1v) is 9.96. The van der Waals surface area contributed by atoms with Gasteiger partial charge in [0.05, 0.1) is 24.6 Å². The molecule has 0 amide bonds. The predicted molar refractivity (Wildman–Crippen MR) is 110 cm³/mol. The number of furan rings is 1. The summed E-state index contributed by atoms with van der Waals surface area (Å²) in [4.78, 5) is 2.32. The van der Waals surface area contributed by atoms with Crippen molar-refractivity contribution >= 4 is 23.0 Å². The van der Waals surface area contributed by atoms with E-state index in [4.69, 9.17) is 21.4 Å². The Morgan fingerprint density at radius 1 is 1.23 bits per heavy atom. The van der Waals surface area contributed by atoms with Crippen molar-refractivity contribution in [2.24, 2.45) is 0 Å². The van der Waals surface area contributed by atoms with Gasteiger partial charge in [0.25, 0.3) is 0 Å². The summed E-state index contributed by atoms with van der Waals surface area (Å²) in [6.07, 6.45) is 7.88. The molecule has 1 N–H and O–H groups in total. The minimum absolute atomic E-state index is 0.0901. The SMILES string of the molecule is CCOc1ccccc1NC(=S)N(C1CCCCC1)[C@H](C)c1ccco1. The fourth-order valence-corrected chi connectivity index (χ4v) is 4.13. The Morgan fingerprint density at radius 2 is 2.00 bits per heavy atom. The summed E-state index contributed by atoms with van der Waals surface area (Å²) >= 11 is 5.85. The van der Waals surface area contributed by atoms with Crippen molar-refractivity contribution in [1.29, 1.82) is 0 Å². The van der Waals surface area contributed by atoms with Crippen molar-refractivity contribution in [2.75, 3.05) is 11.9 Å². The minimum atomic E-state index is 0.0901. The smallest absolute Gasteiger partial charge is 0.174 e. The molecule has 0 radical (unpaired) electrons. The molecule has 26 heavy (non-hydrogen) atoms. The number of nitrogens with one attached hydrogen (secondary N) is 1. The van der Waals surface area contributed by atoms with Crippen molar-refractivity contribution < 1.29 is 9.15 Å². The molecule has 0 aliphatic heterocycles. The van der Waals surface area contributed by atoms with Crippen molar-refractivity contribution in [1.82, 2.24) is 4.90 Å². The number of hydrogen-bond donors (Lipinski definition) is 1. The van der Waals surface area contributed by atoms with Crippen LogP contribution in [-0.4, -0.2) is 22.7 Å². The largest absolute Gasteiger partial charge is 0.492 e. The van der Waals surface area contributed by atoms with E-state index in [0.29, 0.717) is 12.6 Å². The Labute approximate surface area is 161 Å². The fraction of sp³-hybridized carbons (Fsp3) is 0.476. The second-order valence-corrected chi connectivity index (χ2v) is 7.14. The van der Waals surface area contributed by atoms with Crippen LogP contribution in [0.25, 0.3) is 0 Å². The summed E-state index contributed by atoms with van der Waals surface area (Å²) < 4.78 is 11.4. The Morgan fingerprint density at radius 3 is 2.69 bits per heavy atom. The number of rotatable bonds is 6. The Bertz CT molecular complexity index is 696. The Kier molecular flexibility index (Phi) is 6.56. The quantitative estimate of drug-likeness (QED) is 0.652. The van der Waals surface area contributed by atoms with Crippen LogP contribution in [0.4, 0.5) is 5.69 Å². The lowest BCUT2D eigenvalue weighted by molar-refractivity contribution is 0.186. The first kappa shape index (κ1) is 18.8. The standard InChI is InChI=1S/C21H28N2O2S/c1-3-24-20-13-8-7-12-18(20)22-21(26)23(17-10-5-4-6-11-17)16(2)19-14-9-15-25-19/h7-9,12-17H,3-6,10-11H2,1-2H3,(H,22,26)/t16-/m1/s1. The Balaban J connectivity index is 1.82. The van der Waals surface area contributed by atoms with Crippen LogP contribution in [0.1, 0.15) is 57.8 Å². The summed E-state index contributed by atoms with van der Waals surface area (Å²) in [5, 5.41) is 4.16. The molecule has 1 aliphatic rings. The lowest BCUT2D eigenvalue weighted by atomic mass is 9.93. The van der Waals surface area contributed by atoms with Gasteiger partial charge in [-0.1, -0.05) is 31.4 Å². The molecule has 0 saturated heterocycles. The fourth-order valence-electron chi connectivity index (χ4n) is 3.71. The molecule has 1 aromatic heterocycles. The van der Waals surface area contributed by atoms with E-state index in [9.17, 15) is 0 Å². The molecule has 0 unspecified atom stereocenters. The number of thiocarbonyl (C=S) groups is 1. The molecule has 1 fully saturated rings. The summed E-state index contributed by atoms with van der Waals surface area (Å²) in [7, 11) is 0. The number of para-hydroxylation sites is 2. The van der Waals surface area contributed by atoms with Gasteiger partial charge in [-0.25, -0.2) is 0 Å². The highest BCUT2D eigenvalue weighted by atomic mass is 32.1. The maximum atomic E-state index is 5.85. The van der Waals surface area contributed by atoms with Crippen LogP contribution in [0.3, 0.4) is 0 Å². The van der Waals surface area contributed by atoms with Gasteiger partial charge in [0, 0.05) is 6.04 Å². The van der Waals surface area contributed by atoms with Gasteiger partial charge >= 0.3 is 0 Å². The zero-order valence-corrected chi connectivity index (χ0v) is 16.4. The van der Waals surface area contributed by atoms with E-state index >= 15 is 0 Å². The molecule has 0 bridgehead atoms. The van der Waals surface area contributed by atoms with Crippen LogP contribution < -0.4 is 10.1 Å². The number of benzene rings is 1. The molecule has 3 rings (SSSR count). The van der Waals surface area contributed by atoms with Gasteiger partial charge in [-0.2, -0.15) is 0 Å². The van der Waals surface area contributed by atoms with Crippen molar-refractivity contribution in [3.8, 4) is 5.75 Å². The average Bonchev–Trinajstić information content (AvgIpc) is 3.19. The number of hydrogen-bond acceptors (Lipinski definition) is 3. The van der Waals surface area contributed by atoms with Crippen LogP contribution in [-0.2, 0) is 0 Å². The molecule has 2 aromatic rings. The summed E-state index contributed by atoms with van der Waals surface area (Å²) in [6.45, 7) is 4.78. The third kappa shape index (κ3) is 4.39. The molecule has 5 heteroatoms. The van der Waals surface area contributed by atoms with E-state index in [0.717, 1.165) is 22.3 Å². The van der Waals surface area contributed by atoms with E-state index in [-0.39, 0.29) is 6.04 Å². The van der Waals surface area contributed by atoms with Crippen LogP contribution in [0.2, 0.25) is 0 Å². The molecule has 4 nitrogen and oxygen atoms in total. The normalized spacial score (nSPS) is 16.1. The lowest BCUT2D eigenvalue weighted by Crippen LogP contribution is -2.45. The van der Waals surface area contributed by atoms with Crippen LogP contribution in [0.15, 0.2) is 47.1 Å². The maximum Gasteiger partial charge on any atom is 0.174 e. The molecule has 0 spiro atoms. The van der Waals surface area contributed by atoms with Crippen molar-refractivity contribution in [3.05, 3.63) is 48.4 Å². The van der Waals surface area contributed by atoms with Crippen molar-refractivity contribution in [3.63, 3.8) is 0 Å². The van der Waals surface area contributed by atoms with Gasteiger partial charge in [0.2, 0.25) is 0 Å². The minimum Gasteiger partial charge on any atom is -0.492 e. The number of anilines is 1. The van der Waals surface area contributed by atoms with E-state index in [2.05, 4.69) is 17.1 Å². The highest BCUT2D eigenvalue weighted by Crippen LogP contribution is 2.32. The number of ether oxygens (including phenoxy) is 1. The summed E-state index contributed by atoms with van der Waals surface area (Å²) in [5.41, 5.74) is 0.909. The van der Waals surface area contributed by atoms with Gasteiger partial charge in [0.1, 0.15) is 11.5 Å². The van der Waals surface area contributed by atoms with Gasteiger partial charge in [0.15, 0.2) is 5.11 Å². The monoisotopic (exact) mass is 372 g/mol. The van der Waals surface area contributed by atoms with Crippen LogP contribution in [0.5, 0.6) is 5.75 Å². The van der Waals surface area contributed by atoms with Gasteiger partial charge in [-0.05, 0) is 63.2 Å². The zero-order chi connectivity index (χ0) is 18.4. The zero-order valence-electron chi connectivity index (χ0n) is 15.6. The highest BCUT2D eigenvalue weighted by Gasteiger charge is 2.29. The van der Waals surface area contributed by atoms with Crippen molar-refractivity contribution in [2.45, 2.75) is 58.0 Å². The topological polar surface area (TPSA) is 37.6 Å². The third-order valence-corrected chi connectivity index (χ3v) is 5.32. The lowest BCUT2D eigenvalue weighted by Gasteiger charge is -2.39. The molecular weight excluding hydrogens is 344 g/mol. The number of nitrogens with zero attached hydrogens (tertiary/aromatic N) is 1. The van der Waals surface area contributed by atoms with E-state index < -0.39 is 0 Å². The average molecular weight is 373 g/mol. The molecule has 1 heterocycles. The van der Waals surface area contributed by atoms with E-state index in [1.165, 1.54) is 32.1 Å². The Hall–Kier alpha value is -2.01. The van der Waals surface area contributed by atoms with E-state index in [1.54, 1.807) is 6.26 Å². The van der Waals surface area contributed by atoms with Crippen LogP contribution in [0, 0.1) is 0 Å². The van der Waals surface area contributed by atoms with Gasteiger partial charge < -0.3 is 19.4 Å².